The number of carbonyl (C=O) groups is 1. The van der Waals surface area contributed by atoms with Gasteiger partial charge in [-0.2, -0.15) is 0 Å². The molecule has 0 atom stereocenters. The van der Waals surface area contributed by atoms with Crippen LogP contribution in [0, 0.1) is 5.92 Å². The van der Waals surface area contributed by atoms with Gasteiger partial charge in [-0.05, 0) is 43.0 Å². The van der Waals surface area contributed by atoms with E-state index in [9.17, 15) is 4.79 Å². The zero-order chi connectivity index (χ0) is 22.9. The van der Waals surface area contributed by atoms with Crippen LogP contribution in [0.4, 0.5) is 0 Å². The molecule has 0 spiro atoms. The van der Waals surface area contributed by atoms with Gasteiger partial charge in [-0.25, -0.2) is 4.98 Å². The molecule has 6 heteroatoms. The van der Waals surface area contributed by atoms with E-state index >= 15 is 0 Å². The topological polar surface area (TPSA) is 59.0 Å². The number of nitrogens with zero attached hydrogens (tertiary/aromatic N) is 4. The van der Waals surface area contributed by atoms with Gasteiger partial charge in [-0.1, -0.05) is 45.4 Å². The fraction of sp³-hybridized carbons (Fsp3) is 0.385. The number of halogens is 1. The number of hydrogen-bond acceptors (Lipinski definition) is 4. The molecular formula is C26H29ClN4O. The van der Waals surface area contributed by atoms with Crippen LogP contribution in [0.25, 0.3) is 22.5 Å². The van der Waals surface area contributed by atoms with Gasteiger partial charge in [0, 0.05) is 47.1 Å². The molecule has 0 bridgehead atoms. The Labute approximate surface area is 194 Å². The largest absolute Gasteiger partial charge is 0.339 e. The van der Waals surface area contributed by atoms with Crippen LogP contribution in [-0.4, -0.2) is 38.8 Å². The molecule has 1 aliphatic rings. The maximum absolute atomic E-state index is 12.9. The molecule has 0 saturated carbocycles. The van der Waals surface area contributed by atoms with E-state index in [-0.39, 0.29) is 11.3 Å². The van der Waals surface area contributed by atoms with E-state index in [2.05, 4.69) is 43.7 Å². The number of benzene rings is 1. The van der Waals surface area contributed by atoms with Crippen LogP contribution in [0.3, 0.4) is 0 Å². The highest BCUT2D eigenvalue weighted by Gasteiger charge is 2.22. The third kappa shape index (κ3) is 4.83. The van der Waals surface area contributed by atoms with E-state index in [0.29, 0.717) is 22.2 Å². The lowest BCUT2D eigenvalue weighted by Crippen LogP contribution is -2.37. The molecule has 3 heterocycles. The first-order valence-electron chi connectivity index (χ1n) is 11.1. The summed E-state index contributed by atoms with van der Waals surface area (Å²) >= 11 is 6.60. The minimum Gasteiger partial charge on any atom is -0.339 e. The third-order valence-corrected chi connectivity index (χ3v) is 6.33. The van der Waals surface area contributed by atoms with Crippen LogP contribution in [0.15, 0.2) is 48.9 Å². The highest BCUT2D eigenvalue weighted by atomic mass is 35.5. The van der Waals surface area contributed by atoms with Crippen molar-refractivity contribution in [1.29, 1.82) is 0 Å². The predicted octanol–water partition coefficient (Wildman–Crippen LogP) is 6.03. The summed E-state index contributed by atoms with van der Waals surface area (Å²) in [6.45, 7) is 10.2. The summed E-state index contributed by atoms with van der Waals surface area (Å²) in [4.78, 5) is 28.5. The molecule has 32 heavy (non-hydrogen) atoms. The first-order chi connectivity index (χ1) is 15.2. The van der Waals surface area contributed by atoms with Crippen molar-refractivity contribution in [3.05, 3.63) is 65.2 Å². The van der Waals surface area contributed by atoms with E-state index < -0.39 is 0 Å². The van der Waals surface area contributed by atoms with Crippen molar-refractivity contribution in [3.63, 3.8) is 0 Å². The summed E-state index contributed by atoms with van der Waals surface area (Å²) in [5.41, 5.74) is 4.70. The summed E-state index contributed by atoms with van der Waals surface area (Å²) in [5, 5.41) is 0.498. The summed E-state index contributed by atoms with van der Waals surface area (Å²) < 4.78 is 0. The van der Waals surface area contributed by atoms with Crippen LogP contribution in [-0.2, 0) is 5.41 Å². The Hall–Kier alpha value is -2.79. The van der Waals surface area contributed by atoms with Gasteiger partial charge in [0.2, 0.25) is 0 Å². The number of hydrogen-bond donors (Lipinski definition) is 0. The lowest BCUT2D eigenvalue weighted by Gasteiger charge is -2.30. The van der Waals surface area contributed by atoms with Crippen molar-refractivity contribution in [2.45, 2.75) is 46.0 Å². The maximum Gasteiger partial charge on any atom is 0.253 e. The van der Waals surface area contributed by atoms with E-state index in [1.165, 1.54) is 0 Å². The Morgan fingerprint density at radius 2 is 1.78 bits per heavy atom. The molecule has 0 unspecified atom stereocenters. The smallest absolute Gasteiger partial charge is 0.253 e. The number of pyridine rings is 1. The van der Waals surface area contributed by atoms with Gasteiger partial charge >= 0.3 is 0 Å². The Balaban J connectivity index is 1.60. The minimum atomic E-state index is -0.0564. The zero-order valence-electron chi connectivity index (χ0n) is 19.1. The van der Waals surface area contributed by atoms with Crippen molar-refractivity contribution in [2.24, 2.45) is 5.92 Å². The van der Waals surface area contributed by atoms with E-state index in [0.717, 1.165) is 48.4 Å². The fourth-order valence-electron chi connectivity index (χ4n) is 3.88. The molecule has 166 valence electrons. The first kappa shape index (κ1) is 22.4. The van der Waals surface area contributed by atoms with Crippen molar-refractivity contribution in [2.75, 3.05) is 13.1 Å². The molecule has 1 aromatic carbocycles. The molecule has 0 N–H and O–H groups in total. The molecular weight excluding hydrogens is 420 g/mol. The monoisotopic (exact) mass is 448 g/mol. The Kier molecular flexibility index (Phi) is 6.29. The van der Waals surface area contributed by atoms with Crippen LogP contribution >= 0.6 is 11.6 Å². The summed E-state index contributed by atoms with van der Waals surface area (Å²) in [7, 11) is 0. The Morgan fingerprint density at radius 3 is 2.47 bits per heavy atom. The summed E-state index contributed by atoms with van der Waals surface area (Å²) in [5.74, 6) is 0.715. The Bertz CT molecular complexity index is 1130. The number of aromatic nitrogens is 3. The van der Waals surface area contributed by atoms with Crippen LogP contribution in [0.1, 0.15) is 56.6 Å². The molecule has 1 aliphatic heterocycles. The highest BCUT2D eigenvalue weighted by molar-refractivity contribution is 6.33. The SMILES string of the molecule is CC1CCN(C(=O)c2ccc(-c3cncc(-c4ccnc(C(C)(C)C)c4)n3)c(Cl)c2)CC1. The number of likely N-dealkylation sites (tertiary alicyclic amines) is 1. The van der Waals surface area contributed by atoms with Gasteiger partial charge in [-0.3, -0.25) is 14.8 Å². The van der Waals surface area contributed by atoms with E-state index in [1.54, 1.807) is 24.7 Å². The van der Waals surface area contributed by atoms with Crippen molar-refractivity contribution in [1.82, 2.24) is 19.9 Å². The first-order valence-corrected chi connectivity index (χ1v) is 11.5. The van der Waals surface area contributed by atoms with Gasteiger partial charge in [0.1, 0.15) is 0 Å². The molecule has 5 nitrogen and oxygen atoms in total. The molecule has 3 aromatic rings. The second-order valence-corrected chi connectivity index (χ2v) is 10.0. The summed E-state index contributed by atoms with van der Waals surface area (Å²) in [6, 6.07) is 9.43. The van der Waals surface area contributed by atoms with Crippen LogP contribution in [0.5, 0.6) is 0 Å². The molecule has 1 amide bonds. The second-order valence-electron chi connectivity index (χ2n) is 9.64. The van der Waals surface area contributed by atoms with Crippen molar-refractivity contribution in [3.8, 4) is 22.5 Å². The molecule has 1 fully saturated rings. The second kappa shape index (κ2) is 8.99. The quantitative estimate of drug-likeness (QED) is 0.490. The standard InChI is InChI=1S/C26H29ClN4O/c1-17-8-11-31(12-9-17)25(32)19-5-6-20(21(27)13-19)23-16-28-15-22(30-23)18-7-10-29-24(14-18)26(2,3)4/h5-7,10,13-17H,8-9,11-12H2,1-4H3. The number of rotatable bonds is 3. The molecule has 1 saturated heterocycles. The molecule has 0 aliphatic carbocycles. The van der Waals surface area contributed by atoms with Gasteiger partial charge in [0.25, 0.3) is 5.91 Å². The van der Waals surface area contributed by atoms with Crippen LogP contribution in [0.2, 0.25) is 5.02 Å². The van der Waals surface area contributed by atoms with Gasteiger partial charge in [0.05, 0.1) is 28.8 Å². The number of amides is 1. The zero-order valence-corrected chi connectivity index (χ0v) is 19.9. The summed E-state index contributed by atoms with van der Waals surface area (Å²) in [6.07, 6.45) is 7.34. The maximum atomic E-state index is 12.9. The average Bonchev–Trinajstić information content (AvgIpc) is 2.78. The van der Waals surface area contributed by atoms with Crippen LogP contribution < -0.4 is 0 Å². The van der Waals surface area contributed by atoms with Gasteiger partial charge in [-0.15, -0.1) is 0 Å². The van der Waals surface area contributed by atoms with Crippen molar-refractivity contribution >= 4 is 17.5 Å². The molecule has 2 aromatic heterocycles. The van der Waals surface area contributed by atoms with Gasteiger partial charge < -0.3 is 4.90 Å². The number of piperidine rings is 1. The van der Waals surface area contributed by atoms with E-state index in [1.807, 2.05) is 23.1 Å². The Morgan fingerprint density at radius 1 is 1.06 bits per heavy atom. The highest BCUT2D eigenvalue weighted by Crippen LogP contribution is 2.30. The normalized spacial score (nSPS) is 15.1. The lowest BCUT2D eigenvalue weighted by molar-refractivity contribution is 0.0697. The van der Waals surface area contributed by atoms with Gasteiger partial charge in [0.15, 0.2) is 0 Å². The molecule has 0 radical (unpaired) electrons. The minimum absolute atomic E-state index is 0.0386. The van der Waals surface area contributed by atoms with E-state index in [4.69, 9.17) is 16.6 Å². The predicted molar refractivity (Wildman–Crippen MR) is 129 cm³/mol. The third-order valence-electron chi connectivity index (χ3n) is 6.02. The number of carbonyl (C=O) groups excluding carboxylic acids is 1. The van der Waals surface area contributed by atoms with Crippen molar-refractivity contribution < 1.29 is 4.79 Å². The average molecular weight is 449 g/mol. The molecule has 4 rings (SSSR count). The lowest BCUT2D eigenvalue weighted by atomic mass is 9.90. The fourth-order valence-corrected chi connectivity index (χ4v) is 4.16.